The molecule has 1 aliphatic heterocycles. The van der Waals surface area contributed by atoms with Gasteiger partial charge in [0.1, 0.15) is 5.65 Å². The first kappa shape index (κ1) is 15.4. The largest absolute Gasteiger partial charge is 0.298 e. The van der Waals surface area contributed by atoms with Gasteiger partial charge in [-0.3, -0.25) is 9.36 Å². The highest BCUT2D eigenvalue weighted by molar-refractivity contribution is 7.90. The van der Waals surface area contributed by atoms with Gasteiger partial charge in [-0.1, -0.05) is 17.7 Å². The predicted molar refractivity (Wildman–Crippen MR) is 93.5 cm³/mol. The molecule has 0 radical (unpaired) electrons. The first-order valence-electron chi connectivity index (χ1n) is 7.44. The van der Waals surface area contributed by atoms with Crippen LogP contribution in [0, 0.1) is 0 Å². The Bertz CT molecular complexity index is 1140. The van der Waals surface area contributed by atoms with Crippen LogP contribution >= 0.6 is 11.6 Å². The van der Waals surface area contributed by atoms with Crippen molar-refractivity contribution < 1.29 is 8.42 Å². The summed E-state index contributed by atoms with van der Waals surface area (Å²) < 4.78 is 25.9. The molecule has 24 heavy (non-hydrogen) atoms. The standard InChI is InChI=1S/C17H13ClN2O3S/c18-11-3-1-4-12(9-11)20-15-6-8-24(22,23)10-14(15)16(21)13-5-2-7-19-17(13)20/h1-5,7,9H,6,8,10H2. The van der Waals surface area contributed by atoms with E-state index in [4.69, 9.17) is 11.6 Å². The Kier molecular flexibility index (Phi) is 3.47. The minimum absolute atomic E-state index is 0.0261. The molecule has 0 fully saturated rings. The number of pyridine rings is 2. The maximum atomic E-state index is 12.8. The summed E-state index contributed by atoms with van der Waals surface area (Å²) in [5.74, 6) is -0.203. The van der Waals surface area contributed by atoms with Gasteiger partial charge in [-0.25, -0.2) is 13.4 Å². The van der Waals surface area contributed by atoms with Crippen molar-refractivity contribution >= 4 is 32.5 Å². The fraction of sp³-hybridized carbons (Fsp3) is 0.176. The van der Waals surface area contributed by atoms with Crippen molar-refractivity contribution in [1.82, 2.24) is 9.55 Å². The van der Waals surface area contributed by atoms with E-state index in [1.165, 1.54) is 0 Å². The molecule has 2 aromatic heterocycles. The summed E-state index contributed by atoms with van der Waals surface area (Å²) in [4.78, 5) is 17.1. The number of sulfone groups is 1. The molecule has 0 saturated heterocycles. The molecule has 0 atom stereocenters. The van der Waals surface area contributed by atoms with Crippen LogP contribution < -0.4 is 5.43 Å². The number of benzene rings is 1. The monoisotopic (exact) mass is 360 g/mol. The Morgan fingerprint density at radius 2 is 2.00 bits per heavy atom. The maximum Gasteiger partial charge on any atom is 0.195 e. The molecule has 3 aromatic rings. The SMILES string of the molecule is O=c1c2c(n(-c3cccc(Cl)c3)c3ncccc13)CCS(=O)(=O)C2. The zero-order chi connectivity index (χ0) is 16.9. The average molecular weight is 361 g/mol. The van der Waals surface area contributed by atoms with Crippen molar-refractivity contribution in [3.8, 4) is 5.69 Å². The molecule has 0 amide bonds. The number of fused-ring (bicyclic) bond motifs is 2. The van der Waals surface area contributed by atoms with Crippen LogP contribution in [0.1, 0.15) is 11.3 Å². The maximum absolute atomic E-state index is 12.8. The normalized spacial score (nSPS) is 16.0. The molecule has 5 nitrogen and oxygen atoms in total. The summed E-state index contributed by atoms with van der Waals surface area (Å²) in [6.07, 6.45) is 1.90. The number of nitrogens with zero attached hydrogens (tertiary/aromatic N) is 2. The lowest BCUT2D eigenvalue weighted by Gasteiger charge is -2.23. The van der Waals surface area contributed by atoms with Gasteiger partial charge in [0.25, 0.3) is 0 Å². The number of halogens is 1. The Morgan fingerprint density at radius 1 is 1.17 bits per heavy atom. The fourth-order valence-corrected chi connectivity index (χ4v) is 4.73. The van der Waals surface area contributed by atoms with E-state index in [1.54, 1.807) is 30.5 Å². The molecule has 1 aliphatic rings. The van der Waals surface area contributed by atoms with Gasteiger partial charge < -0.3 is 0 Å². The van der Waals surface area contributed by atoms with Gasteiger partial charge in [0.15, 0.2) is 15.3 Å². The van der Waals surface area contributed by atoms with Gasteiger partial charge in [0.05, 0.1) is 16.9 Å². The Balaban J connectivity index is 2.16. The van der Waals surface area contributed by atoms with E-state index in [9.17, 15) is 13.2 Å². The fourth-order valence-electron chi connectivity index (χ4n) is 3.16. The molecule has 1 aromatic carbocycles. The lowest BCUT2D eigenvalue weighted by molar-refractivity contribution is 0.589. The molecule has 0 N–H and O–H groups in total. The van der Waals surface area contributed by atoms with E-state index in [1.807, 2.05) is 16.7 Å². The van der Waals surface area contributed by atoms with E-state index < -0.39 is 9.84 Å². The average Bonchev–Trinajstić information content (AvgIpc) is 2.55. The first-order valence-corrected chi connectivity index (χ1v) is 9.64. The third-order valence-electron chi connectivity index (χ3n) is 4.22. The van der Waals surface area contributed by atoms with E-state index >= 15 is 0 Å². The van der Waals surface area contributed by atoms with Crippen LogP contribution in [-0.4, -0.2) is 23.7 Å². The summed E-state index contributed by atoms with van der Waals surface area (Å²) in [6.45, 7) is 0. The van der Waals surface area contributed by atoms with Gasteiger partial charge in [0.2, 0.25) is 0 Å². The summed E-state index contributed by atoms with van der Waals surface area (Å²) in [5, 5.41) is 0.973. The second-order valence-corrected chi connectivity index (χ2v) is 8.41. The summed E-state index contributed by atoms with van der Waals surface area (Å²) in [7, 11) is -3.25. The second kappa shape index (κ2) is 5.43. The van der Waals surface area contributed by atoms with Gasteiger partial charge in [0, 0.05) is 34.6 Å². The number of hydrogen-bond donors (Lipinski definition) is 0. The van der Waals surface area contributed by atoms with Crippen molar-refractivity contribution in [2.24, 2.45) is 0 Å². The Labute approximate surface area is 143 Å². The highest BCUT2D eigenvalue weighted by atomic mass is 35.5. The molecular formula is C17H13ClN2O3S. The molecule has 122 valence electrons. The van der Waals surface area contributed by atoms with Crippen LogP contribution in [0.5, 0.6) is 0 Å². The summed E-state index contributed by atoms with van der Waals surface area (Å²) in [5.41, 5.74) is 2.06. The molecule has 7 heteroatoms. The van der Waals surface area contributed by atoms with Crippen molar-refractivity contribution in [3.63, 3.8) is 0 Å². The smallest absolute Gasteiger partial charge is 0.195 e. The van der Waals surface area contributed by atoms with E-state index in [0.717, 1.165) is 5.69 Å². The van der Waals surface area contributed by atoms with Crippen LogP contribution in [0.3, 0.4) is 0 Å². The third kappa shape index (κ3) is 2.42. The zero-order valence-electron chi connectivity index (χ0n) is 12.6. The van der Waals surface area contributed by atoms with Crippen molar-refractivity contribution in [2.45, 2.75) is 12.2 Å². The van der Waals surface area contributed by atoms with Gasteiger partial charge in [-0.15, -0.1) is 0 Å². The highest BCUT2D eigenvalue weighted by Crippen LogP contribution is 2.26. The predicted octanol–water partition coefficient (Wildman–Crippen LogP) is 2.51. The van der Waals surface area contributed by atoms with Crippen LogP contribution in [0.25, 0.3) is 16.7 Å². The summed E-state index contributed by atoms with van der Waals surface area (Å²) >= 11 is 6.11. The van der Waals surface area contributed by atoms with Crippen molar-refractivity contribution in [3.05, 3.63) is 69.1 Å². The number of hydrogen-bond acceptors (Lipinski definition) is 4. The minimum atomic E-state index is -3.25. The van der Waals surface area contributed by atoms with Gasteiger partial charge >= 0.3 is 0 Å². The highest BCUT2D eigenvalue weighted by Gasteiger charge is 2.28. The molecular weight excluding hydrogens is 348 g/mol. The second-order valence-electron chi connectivity index (χ2n) is 5.79. The third-order valence-corrected chi connectivity index (χ3v) is 6.01. The van der Waals surface area contributed by atoms with E-state index in [-0.39, 0.29) is 23.4 Å². The van der Waals surface area contributed by atoms with Crippen LogP contribution in [-0.2, 0) is 22.0 Å². The Morgan fingerprint density at radius 3 is 2.79 bits per heavy atom. The lowest BCUT2D eigenvalue weighted by atomic mass is 10.1. The van der Waals surface area contributed by atoms with Gasteiger partial charge in [-0.2, -0.15) is 0 Å². The van der Waals surface area contributed by atoms with Crippen LogP contribution in [0.2, 0.25) is 5.02 Å². The molecule has 3 heterocycles. The number of rotatable bonds is 1. The summed E-state index contributed by atoms with van der Waals surface area (Å²) in [6, 6.07) is 10.6. The van der Waals surface area contributed by atoms with Crippen LogP contribution in [0.4, 0.5) is 0 Å². The van der Waals surface area contributed by atoms with E-state index in [0.29, 0.717) is 27.3 Å². The molecule has 0 aliphatic carbocycles. The molecule has 0 unspecified atom stereocenters. The van der Waals surface area contributed by atoms with Gasteiger partial charge in [-0.05, 0) is 30.3 Å². The minimum Gasteiger partial charge on any atom is -0.298 e. The zero-order valence-corrected chi connectivity index (χ0v) is 14.1. The van der Waals surface area contributed by atoms with Crippen molar-refractivity contribution in [1.29, 1.82) is 0 Å². The van der Waals surface area contributed by atoms with Crippen molar-refractivity contribution in [2.75, 3.05) is 5.75 Å². The molecule has 4 rings (SSSR count). The number of aromatic nitrogens is 2. The molecule has 0 saturated carbocycles. The first-order chi connectivity index (χ1) is 11.5. The molecule has 0 spiro atoms. The van der Waals surface area contributed by atoms with Crippen LogP contribution in [0.15, 0.2) is 47.4 Å². The Hall–Kier alpha value is -2.18. The molecule has 0 bridgehead atoms. The quantitative estimate of drug-likeness (QED) is 0.668. The van der Waals surface area contributed by atoms with E-state index in [2.05, 4.69) is 4.98 Å². The lowest BCUT2D eigenvalue weighted by Crippen LogP contribution is -2.29. The topological polar surface area (TPSA) is 69.0 Å².